The van der Waals surface area contributed by atoms with Crippen molar-refractivity contribution in [2.24, 2.45) is 0 Å². The van der Waals surface area contributed by atoms with Crippen molar-refractivity contribution in [2.45, 2.75) is 0 Å². The Kier molecular flexibility index (Phi) is 5.08. The van der Waals surface area contributed by atoms with Gasteiger partial charge in [-0.05, 0) is 24.3 Å². The molecule has 0 fully saturated rings. The highest BCUT2D eigenvalue weighted by Crippen LogP contribution is 2.42. The summed E-state index contributed by atoms with van der Waals surface area (Å²) in [6.07, 6.45) is 2.96. The predicted octanol–water partition coefficient (Wildman–Crippen LogP) is 3.69. The number of thiophene rings is 1. The van der Waals surface area contributed by atoms with E-state index < -0.39 is 11.8 Å². The molecular weight excluding hydrogens is 385 g/mol. The maximum atomic E-state index is 12.4. The van der Waals surface area contributed by atoms with Crippen molar-refractivity contribution in [1.82, 2.24) is 15.8 Å². The second-order valence-corrected chi connectivity index (χ2v) is 6.62. The molecule has 0 unspecified atom stereocenters. The van der Waals surface area contributed by atoms with Gasteiger partial charge in [-0.25, -0.2) is 0 Å². The van der Waals surface area contributed by atoms with E-state index in [9.17, 15) is 9.59 Å². The minimum absolute atomic E-state index is 0.238. The molecule has 2 amide bonds. The van der Waals surface area contributed by atoms with Crippen LogP contribution in [0.15, 0.2) is 36.7 Å². The van der Waals surface area contributed by atoms with E-state index >= 15 is 0 Å². The van der Waals surface area contributed by atoms with Crippen LogP contribution in [0.3, 0.4) is 0 Å². The Bertz CT molecular complexity index is 960. The van der Waals surface area contributed by atoms with Crippen LogP contribution < -0.4 is 15.6 Å². The topological polar surface area (TPSA) is 80.3 Å². The Balaban J connectivity index is 1.82. The molecule has 3 aromatic rings. The molecule has 0 saturated heterocycles. The van der Waals surface area contributed by atoms with E-state index in [0.717, 1.165) is 11.3 Å². The zero-order valence-corrected chi connectivity index (χ0v) is 15.1. The minimum Gasteiger partial charge on any atom is -0.495 e. The fourth-order valence-corrected chi connectivity index (χ4v) is 3.92. The number of benzene rings is 1. The van der Waals surface area contributed by atoms with Crippen LogP contribution in [-0.2, 0) is 0 Å². The first-order valence-corrected chi connectivity index (χ1v) is 8.55. The first-order chi connectivity index (χ1) is 12.0. The van der Waals surface area contributed by atoms with Gasteiger partial charge < -0.3 is 4.74 Å². The van der Waals surface area contributed by atoms with Gasteiger partial charge in [0.05, 0.1) is 16.8 Å². The zero-order chi connectivity index (χ0) is 18.0. The monoisotopic (exact) mass is 395 g/mol. The van der Waals surface area contributed by atoms with Gasteiger partial charge in [-0.3, -0.25) is 25.4 Å². The van der Waals surface area contributed by atoms with Crippen LogP contribution in [0.4, 0.5) is 0 Å². The number of halogens is 2. The van der Waals surface area contributed by atoms with Crippen LogP contribution in [0.25, 0.3) is 10.1 Å². The molecule has 1 aromatic carbocycles. The van der Waals surface area contributed by atoms with E-state index in [1.54, 1.807) is 12.1 Å². The lowest BCUT2D eigenvalue weighted by molar-refractivity contribution is 0.0849. The van der Waals surface area contributed by atoms with Crippen LogP contribution in [-0.4, -0.2) is 23.9 Å². The van der Waals surface area contributed by atoms with Gasteiger partial charge in [-0.15, -0.1) is 11.3 Å². The SMILES string of the molecule is COc1ccc2c(Cl)c(C(=O)NNC(=O)c3ccncc3)sc2c1Cl. The Morgan fingerprint density at radius 1 is 1.04 bits per heavy atom. The van der Waals surface area contributed by atoms with Gasteiger partial charge in [0, 0.05) is 23.3 Å². The number of carbonyl (C=O) groups excluding carboxylic acids is 2. The number of pyridine rings is 1. The number of hydrazine groups is 1. The summed E-state index contributed by atoms with van der Waals surface area (Å²) in [7, 11) is 1.50. The summed E-state index contributed by atoms with van der Waals surface area (Å²) in [5.74, 6) is -0.513. The Labute approximate surface area is 156 Å². The second kappa shape index (κ2) is 7.26. The molecule has 0 aliphatic heterocycles. The number of hydrogen-bond acceptors (Lipinski definition) is 5. The number of amides is 2. The maximum absolute atomic E-state index is 12.4. The highest BCUT2D eigenvalue weighted by Gasteiger charge is 2.20. The van der Waals surface area contributed by atoms with E-state index in [4.69, 9.17) is 27.9 Å². The smallest absolute Gasteiger partial charge is 0.281 e. The quantitative estimate of drug-likeness (QED) is 0.662. The molecule has 2 aromatic heterocycles. The molecule has 6 nitrogen and oxygen atoms in total. The highest BCUT2D eigenvalue weighted by molar-refractivity contribution is 7.22. The van der Waals surface area contributed by atoms with Crippen molar-refractivity contribution >= 4 is 56.4 Å². The van der Waals surface area contributed by atoms with Crippen LogP contribution in [0.2, 0.25) is 10.0 Å². The second-order valence-electron chi connectivity index (χ2n) is 4.85. The van der Waals surface area contributed by atoms with Gasteiger partial charge >= 0.3 is 0 Å². The van der Waals surface area contributed by atoms with Gasteiger partial charge in [-0.1, -0.05) is 23.2 Å². The fourth-order valence-electron chi connectivity index (χ4n) is 2.13. The highest BCUT2D eigenvalue weighted by atomic mass is 35.5. The molecule has 0 aliphatic carbocycles. The summed E-state index contributed by atoms with van der Waals surface area (Å²) < 4.78 is 5.80. The van der Waals surface area contributed by atoms with Crippen LogP contribution in [0, 0.1) is 0 Å². The molecule has 25 heavy (non-hydrogen) atoms. The van der Waals surface area contributed by atoms with Crippen molar-refractivity contribution in [1.29, 1.82) is 0 Å². The van der Waals surface area contributed by atoms with Crippen molar-refractivity contribution in [3.8, 4) is 5.75 Å². The third-order valence-corrected chi connectivity index (χ3v) is 5.57. The van der Waals surface area contributed by atoms with Gasteiger partial charge in [0.1, 0.15) is 15.6 Å². The van der Waals surface area contributed by atoms with Crippen molar-refractivity contribution < 1.29 is 14.3 Å². The molecule has 0 saturated carbocycles. The van der Waals surface area contributed by atoms with Crippen LogP contribution in [0.5, 0.6) is 5.75 Å². The molecule has 9 heteroatoms. The third kappa shape index (κ3) is 3.39. The van der Waals surface area contributed by atoms with Gasteiger partial charge in [-0.2, -0.15) is 0 Å². The van der Waals surface area contributed by atoms with Gasteiger partial charge in [0.25, 0.3) is 11.8 Å². The van der Waals surface area contributed by atoms with Gasteiger partial charge in [0.15, 0.2) is 0 Å². The van der Waals surface area contributed by atoms with Crippen molar-refractivity contribution in [3.05, 3.63) is 57.1 Å². The van der Waals surface area contributed by atoms with Crippen LogP contribution >= 0.6 is 34.5 Å². The van der Waals surface area contributed by atoms with E-state index in [2.05, 4.69) is 15.8 Å². The molecule has 0 atom stereocenters. The number of ether oxygens (including phenoxy) is 1. The first-order valence-electron chi connectivity index (χ1n) is 6.98. The summed E-state index contributed by atoms with van der Waals surface area (Å²) in [4.78, 5) is 28.4. The number of nitrogens with zero attached hydrogens (tertiary/aromatic N) is 1. The van der Waals surface area contributed by atoms with E-state index in [-0.39, 0.29) is 9.90 Å². The largest absolute Gasteiger partial charge is 0.495 e. The van der Waals surface area contributed by atoms with E-state index in [1.807, 2.05) is 0 Å². The molecule has 128 valence electrons. The molecule has 2 heterocycles. The van der Waals surface area contributed by atoms with Crippen molar-refractivity contribution in [2.75, 3.05) is 7.11 Å². The maximum Gasteiger partial charge on any atom is 0.281 e. The lowest BCUT2D eigenvalue weighted by Crippen LogP contribution is -2.41. The zero-order valence-electron chi connectivity index (χ0n) is 12.8. The lowest BCUT2D eigenvalue weighted by atomic mass is 10.2. The lowest BCUT2D eigenvalue weighted by Gasteiger charge is -2.06. The van der Waals surface area contributed by atoms with E-state index in [0.29, 0.717) is 26.4 Å². The molecule has 0 bridgehead atoms. The Morgan fingerprint density at radius 2 is 1.72 bits per heavy atom. The Morgan fingerprint density at radius 3 is 2.40 bits per heavy atom. The number of nitrogens with one attached hydrogen (secondary N) is 2. The normalized spacial score (nSPS) is 10.5. The summed E-state index contributed by atoms with van der Waals surface area (Å²) >= 11 is 13.7. The molecule has 2 N–H and O–H groups in total. The molecule has 3 rings (SSSR count). The number of hydrogen-bond donors (Lipinski definition) is 2. The summed E-state index contributed by atoms with van der Waals surface area (Å²) in [5.41, 5.74) is 5.04. The summed E-state index contributed by atoms with van der Waals surface area (Å²) in [6, 6.07) is 6.46. The minimum atomic E-state index is -0.538. The molecular formula is C16H11Cl2N3O3S. The summed E-state index contributed by atoms with van der Waals surface area (Å²) in [6.45, 7) is 0. The number of aromatic nitrogens is 1. The van der Waals surface area contributed by atoms with Gasteiger partial charge in [0.2, 0.25) is 0 Å². The van der Waals surface area contributed by atoms with E-state index in [1.165, 1.54) is 31.6 Å². The summed E-state index contributed by atoms with van der Waals surface area (Å²) in [5, 5.41) is 1.29. The standard InChI is InChI=1S/C16H11Cl2N3O3S/c1-24-10-3-2-9-11(17)14(25-13(9)12(10)18)16(23)21-20-15(22)8-4-6-19-7-5-8/h2-7H,1H3,(H,20,22)(H,21,23). The Hall–Kier alpha value is -2.35. The van der Waals surface area contributed by atoms with Crippen molar-refractivity contribution in [3.63, 3.8) is 0 Å². The first kappa shape index (κ1) is 17.5. The van der Waals surface area contributed by atoms with Crippen LogP contribution in [0.1, 0.15) is 20.0 Å². The number of rotatable bonds is 3. The number of methoxy groups -OCH3 is 1. The molecule has 0 spiro atoms. The predicted molar refractivity (Wildman–Crippen MR) is 97.6 cm³/mol. The molecule has 0 aliphatic rings. The molecule has 0 radical (unpaired) electrons. The number of carbonyl (C=O) groups is 2. The average Bonchev–Trinajstić information content (AvgIpc) is 2.98. The third-order valence-electron chi connectivity index (χ3n) is 3.36. The number of fused-ring (bicyclic) bond motifs is 1. The fraction of sp³-hybridized carbons (Fsp3) is 0.0625. The average molecular weight is 396 g/mol.